The lowest BCUT2D eigenvalue weighted by molar-refractivity contribution is 0.0724. The Labute approximate surface area is 140 Å². The van der Waals surface area contributed by atoms with Gasteiger partial charge in [-0.2, -0.15) is 0 Å². The van der Waals surface area contributed by atoms with Crippen LogP contribution in [0.1, 0.15) is 28.9 Å². The van der Waals surface area contributed by atoms with E-state index < -0.39 is 0 Å². The average molecular weight is 321 g/mol. The normalized spacial score (nSPS) is 13.9. The summed E-state index contributed by atoms with van der Waals surface area (Å²) in [5, 5.41) is 0. The number of aromatic nitrogens is 2. The number of carbonyl (C=O) groups excluding carboxylic acids is 1. The molecule has 1 aliphatic rings. The fraction of sp³-hybridized carbons (Fsp3) is 0.263. The van der Waals surface area contributed by atoms with Crippen molar-refractivity contribution in [1.82, 2.24) is 14.3 Å². The Bertz CT molecular complexity index is 883. The number of amides is 1. The van der Waals surface area contributed by atoms with Crippen LogP contribution in [-0.2, 0) is 6.54 Å². The highest BCUT2D eigenvalue weighted by Crippen LogP contribution is 2.31. The topological polar surface area (TPSA) is 46.8 Å². The van der Waals surface area contributed by atoms with Gasteiger partial charge >= 0.3 is 0 Å². The maximum absolute atomic E-state index is 13.1. The lowest BCUT2D eigenvalue weighted by atomic mass is 10.1. The van der Waals surface area contributed by atoms with Crippen molar-refractivity contribution in [2.75, 3.05) is 7.11 Å². The van der Waals surface area contributed by atoms with E-state index in [0.29, 0.717) is 23.9 Å². The Morgan fingerprint density at radius 3 is 2.83 bits per heavy atom. The first-order valence-corrected chi connectivity index (χ1v) is 8.13. The van der Waals surface area contributed by atoms with Gasteiger partial charge in [0.1, 0.15) is 11.4 Å². The zero-order valence-electron chi connectivity index (χ0n) is 13.6. The van der Waals surface area contributed by atoms with Gasteiger partial charge in [0.15, 0.2) is 0 Å². The summed E-state index contributed by atoms with van der Waals surface area (Å²) in [6.07, 6.45) is 5.94. The van der Waals surface area contributed by atoms with Crippen LogP contribution in [-0.4, -0.2) is 33.3 Å². The number of para-hydroxylation sites is 1. The molecule has 0 radical (unpaired) electrons. The largest absolute Gasteiger partial charge is 0.496 e. The Morgan fingerprint density at radius 1 is 1.25 bits per heavy atom. The molecular weight excluding hydrogens is 302 g/mol. The molecule has 0 aliphatic heterocycles. The van der Waals surface area contributed by atoms with Crippen LogP contribution >= 0.6 is 0 Å². The zero-order valence-corrected chi connectivity index (χ0v) is 13.6. The summed E-state index contributed by atoms with van der Waals surface area (Å²) in [6, 6.07) is 13.6. The molecule has 0 unspecified atom stereocenters. The highest BCUT2D eigenvalue weighted by Gasteiger charge is 2.34. The Hall–Kier alpha value is -2.82. The van der Waals surface area contributed by atoms with Crippen molar-refractivity contribution < 1.29 is 9.53 Å². The number of carbonyl (C=O) groups is 1. The van der Waals surface area contributed by atoms with Crippen molar-refractivity contribution in [2.45, 2.75) is 25.4 Å². The van der Waals surface area contributed by atoms with Crippen LogP contribution in [0.2, 0.25) is 0 Å². The second-order valence-corrected chi connectivity index (χ2v) is 6.04. The number of rotatable bonds is 5. The number of imidazole rings is 1. The van der Waals surface area contributed by atoms with E-state index in [1.165, 1.54) is 0 Å². The summed E-state index contributed by atoms with van der Waals surface area (Å²) >= 11 is 0. The molecular formula is C19H19N3O2. The van der Waals surface area contributed by atoms with Crippen LogP contribution in [0.5, 0.6) is 5.75 Å². The first-order valence-electron chi connectivity index (χ1n) is 8.13. The van der Waals surface area contributed by atoms with Gasteiger partial charge in [0.2, 0.25) is 0 Å². The molecule has 122 valence electrons. The van der Waals surface area contributed by atoms with Crippen LogP contribution in [0.25, 0.3) is 5.65 Å². The number of benzene rings is 1. The van der Waals surface area contributed by atoms with E-state index in [1.807, 2.05) is 64.2 Å². The van der Waals surface area contributed by atoms with E-state index >= 15 is 0 Å². The number of methoxy groups -OCH3 is 1. The molecule has 2 heterocycles. The molecule has 1 saturated carbocycles. The maximum Gasteiger partial charge on any atom is 0.258 e. The molecule has 5 heteroatoms. The van der Waals surface area contributed by atoms with Crippen molar-refractivity contribution in [3.8, 4) is 5.75 Å². The predicted molar refractivity (Wildman–Crippen MR) is 91.1 cm³/mol. The number of hydrogen-bond donors (Lipinski definition) is 0. The molecule has 1 amide bonds. The number of hydrogen-bond acceptors (Lipinski definition) is 3. The van der Waals surface area contributed by atoms with E-state index in [0.717, 1.165) is 24.2 Å². The van der Waals surface area contributed by atoms with Crippen molar-refractivity contribution in [2.24, 2.45) is 0 Å². The van der Waals surface area contributed by atoms with Crippen LogP contribution < -0.4 is 4.74 Å². The van der Waals surface area contributed by atoms with Gasteiger partial charge in [0.05, 0.1) is 31.1 Å². The summed E-state index contributed by atoms with van der Waals surface area (Å²) < 4.78 is 7.39. The first kappa shape index (κ1) is 14.8. The SMILES string of the molecule is COc1ccccc1C(=O)N(Cc1cnc2ccccn12)C1CC1. The molecule has 0 bridgehead atoms. The monoisotopic (exact) mass is 321 g/mol. The number of nitrogens with zero attached hydrogens (tertiary/aromatic N) is 3. The molecule has 1 aromatic carbocycles. The van der Waals surface area contributed by atoms with Gasteiger partial charge in [-0.25, -0.2) is 4.98 Å². The second kappa shape index (κ2) is 6.00. The van der Waals surface area contributed by atoms with Gasteiger partial charge in [0, 0.05) is 12.2 Å². The lowest BCUT2D eigenvalue weighted by Gasteiger charge is -2.23. The standard InChI is InChI=1S/C19H19N3O2/c1-24-17-7-3-2-6-16(17)19(23)22(14-9-10-14)13-15-12-20-18-8-4-5-11-21(15)18/h2-8,11-12,14H,9-10,13H2,1H3. The minimum Gasteiger partial charge on any atom is -0.496 e. The highest BCUT2D eigenvalue weighted by atomic mass is 16.5. The Balaban J connectivity index is 1.66. The van der Waals surface area contributed by atoms with Crippen LogP contribution in [0.15, 0.2) is 54.9 Å². The minimum absolute atomic E-state index is 0.0147. The van der Waals surface area contributed by atoms with Gasteiger partial charge in [-0.05, 0) is 37.1 Å². The summed E-state index contributed by atoms with van der Waals surface area (Å²) in [7, 11) is 1.60. The molecule has 2 aromatic heterocycles. The Kier molecular flexibility index (Phi) is 3.69. The smallest absolute Gasteiger partial charge is 0.258 e. The molecule has 24 heavy (non-hydrogen) atoms. The molecule has 0 N–H and O–H groups in total. The Morgan fingerprint density at radius 2 is 2.04 bits per heavy atom. The molecule has 1 aliphatic carbocycles. The molecule has 5 nitrogen and oxygen atoms in total. The number of ether oxygens (including phenoxy) is 1. The van der Waals surface area contributed by atoms with E-state index in [-0.39, 0.29) is 5.91 Å². The van der Waals surface area contributed by atoms with Crippen LogP contribution in [0.3, 0.4) is 0 Å². The van der Waals surface area contributed by atoms with Crippen molar-refractivity contribution in [1.29, 1.82) is 0 Å². The summed E-state index contributed by atoms with van der Waals surface area (Å²) in [5.41, 5.74) is 2.52. The van der Waals surface area contributed by atoms with Crippen molar-refractivity contribution in [3.63, 3.8) is 0 Å². The molecule has 0 atom stereocenters. The summed E-state index contributed by atoms with van der Waals surface area (Å²) in [5.74, 6) is 0.632. The second-order valence-electron chi connectivity index (χ2n) is 6.04. The van der Waals surface area contributed by atoms with Gasteiger partial charge < -0.3 is 14.0 Å². The third-order valence-corrected chi connectivity index (χ3v) is 4.41. The molecule has 3 aromatic rings. The lowest BCUT2D eigenvalue weighted by Crippen LogP contribution is -2.33. The van der Waals surface area contributed by atoms with Gasteiger partial charge in [0.25, 0.3) is 5.91 Å². The van der Waals surface area contributed by atoms with Crippen molar-refractivity contribution in [3.05, 3.63) is 66.1 Å². The number of fused-ring (bicyclic) bond motifs is 1. The predicted octanol–water partition coefficient (Wildman–Crippen LogP) is 3.15. The quantitative estimate of drug-likeness (QED) is 0.725. The maximum atomic E-state index is 13.1. The number of pyridine rings is 1. The van der Waals surface area contributed by atoms with Gasteiger partial charge in [-0.3, -0.25) is 4.79 Å². The highest BCUT2D eigenvalue weighted by molar-refractivity contribution is 5.97. The molecule has 1 fully saturated rings. The fourth-order valence-electron chi connectivity index (χ4n) is 3.01. The molecule has 4 rings (SSSR count). The van der Waals surface area contributed by atoms with Crippen LogP contribution in [0, 0.1) is 0 Å². The van der Waals surface area contributed by atoms with Gasteiger partial charge in [-0.1, -0.05) is 18.2 Å². The fourth-order valence-corrected chi connectivity index (χ4v) is 3.01. The zero-order chi connectivity index (χ0) is 16.5. The summed E-state index contributed by atoms with van der Waals surface area (Å²) in [6.45, 7) is 0.548. The molecule has 0 saturated heterocycles. The third-order valence-electron chi connectivity index (χ3n) is 4.41. The van der Waals surface area contributed by atoms with Gasteiger partial charge in [-0.15, -0.1) is 0 Å². The van der Waals surface area contributed by atoms with Crippen LogP contribution in [0.4, 0.5) is 0 Å². The first-order chi connectivity index (χ1) is 11.8. The summed E-state index contributed by atoms with van der Waals surface area (Å²) in [4.78, 5) is 19.4. The third kappa shape index (κ3) is 2.62. The van der Waals surface area contributed by atoms with E-state index in [2.05, 4.69) is 4.98 Å². The van der Waals surface area contributed by atoms with E-state index in [1.54, 1.807) is 7.11 Å². The van der Waals surface area contributed by atoms with E-state index in [9.17, 15) is 4.79 Å². The average Bonchev–Trinajstić information content (AvgIpc) is 3.40. The molecule has 0 spiro atoms. The minimum atomic E-state index is 0.0147. The van der Waals surface area contributed by atoms with E-state index in [4.69, 9.17) is 4.74 Å². The van der Waals surface area contributed by atoms with Crippen molar-refractivity contribution >= 4 is 11.6 Å².